The number of carbonyl (C=O) groups excluding carboxylic acids is 1. The van der Waals surface area contributed by atoms with Crippen LogP contribution < -0.4 is 5.32 Å². The van der Waals surface area contributed by atoms with Crippen LogP contribution in [0.4, 0.5) is 4.79 Å². The van der Waals surface area contributed by atoms with E-state index in [9.17, 15) is 4.79 Å². The Labute approximate surface area is 116 Å². The van der Waals surface area contributed by atoms with E-state index in [2.05, 4.69) is 21.4 Å². The first-order valence-electron chi connectivity index (χ1n) is 6.44. The minimum Gasteiger partial charge on any atom is -0.345 e. The van der Waals surface area contributed by atoms with Crippen LogP contribution in [0, 0.1) is 11.3 Å². The molecule has 2 heterocycles. The lowest BCUT2D eigenvalue weighted by Gasteiger charge is -2.27. The Bertz CT molecular complexity index is 712. The number of carbonyl (C=O) groups is 1. The first-order valence-corrected chi connectivity index (χ1v) is 6.44. The minimum absolute atomic E-state index is 0.108. The molecule has 6 heteroatoms. The van der Waals surface area contributed by atoms with Gasteiger partial charge in [-0.2, -0.15) is 5.26 Å². The van der Waals surface area contributed by atoms with Crippen LogP contribution in [0.5, 0.6) is 0 Å². The van der Waals surface area contributed by atoms with E-state index in [1.165, 1.54) is 0 Å². The summed E-state index contributed by atoms with van der Waals surface area (Å²) in [6.45, 7) is 3.97. The summed E-state index contributed by atoms with van der Waals surface area (Å²) in [6, 6.07) is 7.71. The molecule has 2 amide bonds. The average Bonchev–Trinajstić information content (AvgIpc) is 3.04. The highest BCUT2D eigenvalue weighted by atomic mass is 16.2. The molecule has 1 fully saturated rings. The molecule has 1 aromatic heterocycles. The number of H-pyrrole nitrogens is 1. The molecule has 1 aliphatic heterocycles. The summed E-state index contributed by atoms with van der Waals surface area (Å²) in [5.41, 5.74) is 2.03. The smallest absolute Gasteiger partial charge is 0.319 e. The molecule has 1 unspecified atom stereocenters. The first-order chi connectivity index (χ1) is 9.51. The summed E-state index contributed by atoms with van der Waals surface area (Å²) >= 11 is 0. The van der Waals surface area contributed by atoms with E-state index >= 15 is 0 Å². The molecule has 2 N–H and O–H groups in total. The number of nitrogens with one attached hydrogen (secondary N) is 2. The SMILES string of the molecule is CC(C)(C#N)N1CC(c2ccc3nc[nH]c3c2)NC1=O. The van der Waals surface area contributed by atoms with E-state index < -0.39 is 5.54 Å². The number of nitrogens with zero attached hydrogens (tertiary/aromatic N) is 3. The Morgan fingerprint density at radius 3 is 3.05 bits per heavy atom. The van der Waals surface area contributed by atoms with Crippen molar-refractivity contribution in [1.29, 1.82) is 5.26 Å². The Morgan fingerprint density at radius 1 is 1.50 bits per heavy atom. The number of hydrogen-bond acceptors (Lipinski definition) is 3. The van der Waals surface area contributed by atoms with Gasteiger partial charge in [-0.15, -0.1) is 0 Å². The second kappa shape index (κ2) is 4.23. The number of aromatic nitrogens is 2. The lowest BCUT2D eigenvalue weighted by Crippen LogP contribution is -2.44. The van der Waals surface area contributed by atoms with Crippen LogP contribution in [0.3, 0.4) is 0 Å². The van der Waals surface area contributed by atoms with E-state index in [0.29, 0.717) is 6.54 Å². The van der Waals surface area contributed by atoms with Crippen LogP contribution in [0.15, 0.2) is 24.5 Å². The lowest BCUT2D eigenvalue weighted by atomic mass is 10.0. The van der Waals surface area contributed by atoms with Gasteiger partial charge in [0.05, 0.1) is 29.5 Å². The first kappa shape index (κ1) is 12.5. The molecule has 1 saturated heterocycles. The zero-order valence-electron chi connectivity index (χ0n) is 11.3. The second-order valence-electron chi connectivity index (χ2n) is 5.46. The average molecular weight is 269 g/mol. The molecule has 2 aromatic rings. The molecule has 0 radical (unpaired) electrons. The number of rotatable bonds is 2. The highest BCUT2D eigenvalue weighted by molar-refractivity contribution is 5.80. The summed E-state index contributed by atoms with van der Waals surface area (Å²) in [6.07, 6.45) is 1.65. The molecule has 102 valence electrons. The molecular weight excluding hydrogens is 254 g/mol. The topological polar surface area (TPSA) is 84.8 Å². The van der Waals surface area contributed by atoms with Crippen LogP contribution >= 0.6 is 0 Å². The van der Waals surface area contributed by atoms with Gasteiger partial charge < -0.3 is 15.2 Å². The number of imidazole rings is 1. The third-order valence-corrected chi connectivity index (χ3v) is 3.70. The number of amides is 2. The van der Waals surface area contributed by atoms with E-state index in [4.69, 9.17) is 5.26 Å². The molecule has 0 saturated carbocycles. The third kappa shape index (κ3) is 1.88. The number of nitriles is 1. The van der Waals surface area contributed by atoms with Gasteiger partial charge in [-0.3, -0.25) is 0 Å². The van der Waals surface area contributed by atoms with Gasteiger partial charge in [-0.1, -0.05) is 6.07 Å². The molecule has 0 aliphatic carbocycles. The van der Waals surface area contributed by atoms with Gasteiger partial charge >= 0.3 is 6.03 Å². The van der Waals surface area contributed by atoms with Crippen molar-refractivity contribution in [3.8, 4) is 6.07 Å². The van der Waals surface area contributed by atoms with Gasteiger partial charge in [0.1, 0.15) is 5.54 Å². The zero-order chi connectivity index (χ0) is 14.3. The maximum atomic E-state index is 12.0. The predicted molar refractivity (Wildman–Crippen MR) is 73.8 cm³/mol. The number of urea groups is 1. The van der Waals surface area contributed by atoms with Gasteiger partial charge in [0.2, 0.25) is 0 Å². The predicted octanol–water partition coefficient (Wildman–Crippen LogP) is 1.93. The van der Waals surface area contributed by atoms with Gasteiger partial charge in [0, 0.05) is 6.54 Å². The molecule has 0 bridgehead atoms. The minimum atomic E-state index is -0.809. The molecule has 3 rings (SSSR count). The van der Waals surface area contributed by atoms with Crippen molar-refractivity contribution in [2.24, 2.45) is 0 Å². The van der Waals surface area contributed by atoms with Crippen LogP contribution in [0.1, 0.15) is 25.5 Å². The Balaban J connectivity index is 1.89. The van der Waals surface area contributed by atoms with Crippen LogP contribution in [-0.2, 0) is 0 Å². The number of aromatic amines is 1. The fourth-order valence-corrected chi connectivity index (χ4v) is 2.44. The molecule has 1 aromatic carbocycles. The van der Waals surface area contributed by atoms with Gasteiger partial charge in [-0.25, -0.2) is 9.78 Å². The maximum absolute atomic E-state index is 12.0. The monoisotopic (exact) mass is 269 g/mol. The van der Waals surface area contributed by atoms with E-state index in [1.807, 2.05) is 18.2 Å². The van der Waals surface area contributed by atoms with E-state index in [-0.39, 0.29) is 12.1 Å². The van der Waals surface area contributed by atoms with Crippen LogP contribution in [-0.4, -0.2) is 33.0 Å². The second-order valence-corrected chi connectivity index (χ2v) is 5.46. The van der Waals surface area contributed by atoms with Crippen molar-refractivity contribution in [1.82, 2.24) is 20.2 Å². The summed E-state index contributed by atoms with van der Waals surface area (Å²) in [5, 5.41) is 12.1. The van der Waals surface area contributed by atoms with Crippen molar-refractivity contribution in [2.75, 3.05) is 6.54 Å². The Kier molecular flexibility index (Phi) is 2.64. The molecular formula is C14H15N5O. The van der Waals surface area contributed by atoms with Crippen LogP contribution in [0.25, 0.3) is 11.0 Å². The molecule has 20 heavy (non-hydrogen) atoms. The fraction of sp³-hybridized carbons (Fsp3) is 0.357. The summed E-state index contributed by atoms with van der Waals surface area (Å²) in [5.74, 6) is 0. The molecule has 0 spiro atoms. The number of benzene rings is 1. The third-order valence-electron chi connectivity index (χ3n) is 3.70. The van der Waals surface area contributed by atoms with Gasteiger partial charge in [0.15, 0.2) is 0 Å². The van der Waals surface area contributed by atoms with Gasteiger partial charge in [0.25, 0.3) is 0 Å². The standard InChI is InChI=1S/C14H15N5O/c1-14(2,7-15)19-6-12(18-13(19)20)9-3-4-10-11(5-9)17-8-16-10/h3-5,8,12H,6H2,1-2H3,(H,16,17)(H,18,20). The number of fused-ring (bicyclic) bond motifs is 1. The summed E-state index contributed by atoms with van der Waals surface area (Å²) in [4.78, 5) is 20.8. The number of hydrogen-bond donors (Lipinski definition) is 2. The van der Waals surface area contributed by atoms with Crippen molar-refractivity contribution >= 4 is 17.1 Å². The van der Waals surface area contributed by atoms with E-state index in [0.717, 1.165) is 16.6 Å². The Morgan fingerprint density at radius 2 is 2.30 bits per heavy atom. The van der Waals surface area contributed by atoms with Crippen molar-refractivity contribution in [3.05, 3.63) is 30.1 Å². The van der Waals surface area contributed by atoms with Gasteiger partial charge in [-0.05, 0) is 31.5 Å². The van der Waals surface area contributed by atoms with Crippen molar-refractivity contribution in [2.45, 2.75) is 25.4 Å². The molecule has 1 aliphatic rings. The quantitative estimate of drug-likeness (QED) is 0.873. The molecule has 6 nitrogen and oxygen atoms in total. The summed E-state index contributed by atoms with van der Waals surface area (Å²) < 4.78 is 0. The molecule has 1 atom stereocenters. The fourth-order valence-electron chi connectivity index (χ4n) is 2.44. The zero-order valence-corrected chi connectivity index (χ0v) is 11.3. The lowest BCUT2D eigenvalue weighted by molar-refractivity contribution is 0.186. The van der Waals surface area contributed by atoms with Crippen LogP contribution in [0.2, 0.25) is 0 Å². The normalized spacial score (nSPS) is 19.1. The highest BCUT2D eigenvalue weighted by Crippen LogP contribution is 2.27. The maximum Gasteiger partial charge on any atom is 0.319 e. The highest BCUT2D eigenvalue weighted by Gasteiger charge is 2.39. The van der Waals surface area contributed by atoms with Crippen molar-refractivity contribution in [3.63, 3.8) is 0 Å². The van der Waals surface area contributed by atoms with E-state index in [1.54, 1.807) is 25.1 Å². The largest absolute Gasteiger partial charge is 0.345 e. The van der Waals surface area contributed by atoms with Crippen molar-refractivity contribution < 1.29 is 4.79 Å². The summed E-state index contributed by atoms with van der Waals surface area (Å²) in [7, 11) is 0. The Hall–Kier alpha value is -2.55.